The zero-order chi connectivity index (χ0) is 16.3. The summed E-state index contributed by atoms with van der Waals surface area (Å²) in [5.41, 5.74) is 0.0295. The van der Waals surface area contributed by atoms with Crippen LogP contribution < -0.4 is 5.32 Å². The Morgan fingerprint density at radius 2 is 1.71 bits per heavy atom. The van der Waals surface area contributed by atoms with Crippen LogP contribution in [0.5, 0.6) is 0 Å². The van der Waals surface area contributed by atoms with Gasteiger partial charge in [0.2, 0.25) is 0 Å². The standard InChI is InChI=1S/C15H29F3N2O/c1-11(2)20(10-15(16,17)18)9-13-7-6-12(21-13)8-19-14(3,4)5/h11-13,19H,6-10H2,1-5H3. The molecule has 0 aromatic rings. The number of rotatable bonds is 6. The van der Waals surface area contributed by atoms with Gasteiger partial charge in [-0.2, -0.15) is 13.2 Å². The Morgan fingerprint density at radius 1 is 1.14 bits per heavy atom. The minimum absolute atomic E-state index is 0.0295. The Labute approximate surface area is 126 Å². The molecule has 0 bridgehead atoms. The fraction of sp³-hybridized carbons (Fsp3) is 1.00. The first-order valence-electron chi connectivity index (χ1n) is 7.67. The number of ether oxygens (including phenoxy) is 1. The average Bonchev–Trinajstić information content (AvgIpc) is 2.70. The molecule has 0 radical (unpaired) electrons. The van der Waals surface area contributed by atoms with Crippen LogP contribution in [-0.4, -0.2) is 54.5 Å². The van der Waals surface area contributed by atoms with Gasteiger partial charge in [-0.25, -0.2) is 0 Å². The van der Waals surface area contributed by atoms with E-state index in [2.05, 4.69) is 26.1 Å². The highest BCUT2D eigenvalue weighted by atomic mass is 19.4. The molecule has 6 heteroatoms. The molecule has 126 valence electrons. The fourth-order valence-corrected chi connectivity index (χ4v) is 2.43. The van der Waals surface area contributed by atoms with Crippen molar-refractivity contribution in [1.82, 2.24) is 10.2 Å². The van der Waals surface area contributed by atoms with Crippen LogP contribution >= 0.6 is 0 Å². The van der Waals surface area contributed by atoms with Gasteiger partial charge in [-0.15, -0.1) is 0 Å². The monoisotopic (exact) mass is 310 g/mol. The van der Waals surface area contributed by atoms with Crippen LogP contribution in [0, 0.1) is 0 Å². The number of hydrogen-bond acceptors (Lipinski definition) is 3. The minimum atomic E-state index is -4.16. The van der Waals surface area contributed by atoms with Gasteiger partial charge in [0.15, 0.2) is 0 Å². The Balaban J connectivity index is 2.41. The highest BCUT2D eigenvalue weighted by molar-refractivity contribution is 4.82. The minimum Gasteiger partial charge on any atom is -0.372 e. The lowest BCUT2D eigenvalue weighted by atomic mass is 10.1. The summed E-state index contributed by atoms with van der Waals surface area (Å²) in [6, 6.07) is -0.137. The second-order valence-corrected chi connectivity index (χ2v) is 7.23. The van der Waals surface area contributed by atoms with Gasteiger partial charge in [-0.3, -0.25) is 4.90 Å². The van der Waals surface area contributed by atoms with Crippen LogP contribution in [0.3, 0.4) is 0 Å². The average molecular weight is 310 g/mol. The smallest absolute Gasteiger partial charge is 0.372 e. The van der Waals surface area contributed by atoms with Crippen molar-refractivity contribution in [3.05, 3.63) is 0 Å². The molecule has 0 aliphatic carbocycles. The second-order valence-electron chi connectivity index (χ2n) is 7.23. The molecular formula is C15H29F3N2O. The zero-order valence-electron chi connectivity index (χ0n) is 13.8. The van der Waals surface area contributed by atoms with Crippen molar-refractivity contribution in [3.63, 3.8) is 0 Å². The predicted octanol–water partition coefficient (Wildman–Crippen LogP) is 3.19. The van der Waals surface area contributed by atoms with Crippen LogP contribution in [0.4, 0.5) is 13.2 Å². The van der Waals surface area contributed by atoms with E-state index in [9.17, 15) is 13.2 Å². The first-order chi connectivity index (χ1) is 9.46. The molecule has 21 heavy (non-hydrogen) atoms. The van der Waals surface area contributed by atoms with E-state index in [1.54, 1.807) is 13.8 Å². The second kappa shape index (κ2) is 7.29. The van der Waals surface area contributed by atoms with Crippen molar-refractivity contribution < 1.29 is 17.9 Å². The molecule has 0 saturated carbocycles. The first-order valence-corrected chi connectivity index (χ1v) is 7.67. The summed E-state index contributed by atoms with van der Waals surface area (Å²) < 4.78 is 43.6. The molecule has 1 saturated heterocycles. The molecule has 1 fully saturated rings. The topological polar surface area (TPSA) is 24.5 Å². The van der Waals surface area contributed by atoms with E-state index in [-0.39, 0.29) is 23.8 Å². The third kappa shape index (κ3) is 8.02. The van der Waals surface area contributed by atoms with Gasteiger partial charge in [-0.05, 0) is 47.5 Å². The SMILES string of the molecule is CC(C)N(CC1CCC(CNC(C)(C)C)O1)CC(F)(F)F. The number of nitrogens with zero attached hydrogens (tertiary/aromatic N) is 1. The zero-order valence-corrected chi connectivity index (χ0v) is 13.8. The lowest BCUT2D eigenvalue weighted by Gasteiger charge is -2.30. The third-order valence-electron chi connectivity index (χ3n) is 3.61. The molecule has 2 atom stereocenters. The van der Waals surface area contributed by atoms with Crippen LogP contribution in [0.15, 0.2) is 0 Å². The van der Waals surface area contributed by atoms with Gasteiger partial charge in [0, 0.05) is 24.7 Å². The van der Waals surface area contributed by atoms with Gasteiger partial charge in [0.1, 0.15) is 0 Å². The summed E-state index contributed by atoms with van der Waals surface area (Å²) in [5.74, 6) is 0. The van der Waals surface area contributed by atoms with Gasteiger partial charge >= 0.3 is 6.18 Å². The van der Waals surface area contributed by atoms with E-state index in [0.29, 0.717) is 6.54 Å². The summed E-state index contributed by atoms with van der Waals surface area (Å²) in [7, 11) is 0. The van der Waals surface area contributed by atoms with E-state index in [0.717, 1.165) is 19.4 Å². The number of alkyl halides is 3. The van der Waals surface area contributed by atoms with Crippen molar-refractivity contribution in [2.24, 2.45) is 0 Å². The number of halogens is 3. The molecule has 0 amide bonds. The Kier molecular flexibility index (Phi) is 6.50. The highest BCUT2D eigenvalue weighted by Crippen LogP contribution is 2.24. The summed E-state index contributed by atoms with van der Waals surface area (Å²) >= 11 is 0. The highest BCUT2D eigenvalue weighted by Gasteiger charge is 2.34. The first kappa shape index (κ1) is 18.7. The molecule has 0 spiro atoms. The quantitative estimate of drug-likeness (QED) is 0.815. The van der Waals surface area contributed by atoms with Crippen LogP contribution in [0.25, 0.3) is 0 Å². The molecule has 0 aromatic heterocycles. The van der Waals surface area contributed by atoms with Crippen molar-refractivity contribution >= 4 is 0 Å². The van der Waals surface area contributed by atoms with E-state index < -0.39 is 12.7 Å². The molecule has 2 unspecified atom stereocenters. The van der Waals surface area contributed by atoms with Crippen molar-refractivity contribution in [2.45, 2.75) is 77.4 Å². The lowest BCUT2D eigenvalue weighted by Crippen LogP contribution is -2.44. The van der Waals surface area contributed by atoms with Gasteiger partial charge in [-0.1, -0.05) is 0 Å². The molecule has 0 aromatic carbocycles. The summed E-state index contributed by atoms with van der Waals surface area (Å²) in [5, 5.41) is 3.38. The van der Waals surface area contributed by atoms with Gasteiger partial charge < -0.3 is 10.1 Å². The van der Waals surface area contributed by atoms with E-state index in [1.165, 1.54) is 4.90 Å². The molecule has 1 heterocycles. The number of hydrogen-bond donors (Lipinski definition) is 1. The summed E-state index contributed by atoms with van der Waals surface area (Å²) in [4.78, 5) is 1.45. The molecule has 1 rings (SSSR count). The van der Waals surface area contributed by atoms with E-state index >= 15 is 0 Å². The van der Waals surface area contributed by atoms with Crippen LogP contribution in [0.2, 0.25) is 0 Å². The molecule has 3 nitrogen and oxygen atoms in total. The fourth-order valence-electron chi connectivity index (χ4n) is 2.43. The maximum atomic E-state index is 12.6. The number of nitrogens with one attached hydrogen (secondary N) is 1. The predicted molar refractivity (Wildman–Crippen MR) is 78.4 cm³/mol. The van der Waals surface area contributed by atoms with Crippen molar-refractivity contribution in [1.29, 1.82) is 0 Å². The van der Waals surface area contributed by atoms with Crippen LogP contribution in [0.1, 0.15) is 47.5 Å². The Morgan fingerprint density at radius 3 is 2.19 bits per heavy atom. The van der Waals surface area contributed by atoms with Crippen LogP contribution in [-0.2, 0) is 4.74 Å². The largest absolute Gasteiger partial charge is 0.401 e. The van der Waals surface area contributed by atoms with E-state index in [1.807, 2.05) is 0 Å². The third-order valence-corrected chi connectivity index (χ3v) is 3.61. The Bertz CT molecular complexity index is 313. The maximum Gasteiger partial charge on any atom is 0.401 e. The summed E-state index contributed by atoms with van der Waals surface area (Å²) in [6.07, 6.45) is -2.41. The normalized spacial score (nSPS) is 24.3. The molecule has 1 aliphatic heterocycles. The Hall–Kier alpha value is -0.330. The van der Waals surface area contributed by atoms with Gasteiger partial charge in [0.25, 0.3) is 0 Å². The van der Waals surface area contributed by atoms with Gasteiger partial charge in [0.05, 0.1) is 18.8 Å². The summed E-state index contributed by atoms with van der Waals surface area (Å²) in [6.45, 7) is 10.1. The lowest BCUT2D eigenvalue weighted by molar-refractivity contribution is -0.153. The molecular weight excluding hydrogens is 281 g/mol. The molecule has 1 aliphatic rings. The van der Waals surface area contributed by atoms with E-state index in [4.69, 9.17) is 4.74 Å². The maximum absolute atomic E-state index is 12.6. The molecule has 1 N–H and O–H groups in total. The van der Waals surface area contributed by atoms with Crippen molar-refractivity contribution in [2.75, 3.05) is 19.6 Å². The van der Waals surface area contributed by atoms with Crippen molar-refractivity contribution in [3.8, 4) is 0 Å².